The van der Waals surface area contributed by atoms with Crippen molar-refractivity contribution in [1.82, 2.24) is 9.97 Å². The van der Waals surface area contributed by atoms with Gasteiger partial charge in [0.15, 0.2) is 5.82 Å². The molecule has 0 radical (unpaired) electrons. The van der Waals surface area contributed by atoms with Gasteiger partial charge in [-0.2, -0.15) is 4.98 Å². The number of hydrogen-bond donors (Lipinski definition) is 1. The Morgan fingerprint density at radius 2 is 2.29 bits per heavy atom. The van der Waals surface area contributed by atoms with Gasteiger partial charge in [-0.15, -0.1) is 0 Å². The van der Waals surface area contributed by atoms with E-state index in [9.17, 15) is 0 Å². The minimum atomic E-state index is 0.0119. The van der Waals surface area contributed by atoms with E-state index in [1.807, 2.05) is 0 Å². The molecule has 1 aromatic rings. The summed E-state index contributed by atoms with van der Waals surface area (Å²) in [5, 5.41) is 3.26. The van der Waals surface area contributed by atoms with Crippen molar-refractivity contribution in [2.45, 2.75) is 38.8 Å². The highest BCUT2D eigenvalue weighted by Gasteiger charge is 2.22. The average Bonchev–Trinajstić information content (AvgIpc) is 2.81. The fourth-order valence-electron chi connectivity index (χ4n) is 1.84. The molecule has 94 valence electrons. The monoisotopic (exact) mass is 237 g/mol. The van der Waals surface area contributed by atoms with Crippen LogP contribution in [0.4, 0.5) is 5.82 Å². The third-order valence-corrected chi connectivity index (χ3v) is 2.58. The number of anilines is 1. The normalized spacial score (nSPS) is 19.6. The first-order valence-electron chi connectivity index (χ1n) is 6.00. The highest BCUT2D eigenvalue weighted by Crippen LogP contribution is 2.28. The molecule has 0 saturated carbocycles. The van der Waals surface area contributed by atoms with Crippen molar-refractivity contribution in [3.8, 4) is 5.88 Å². The lowest BCUT2D eigenvalue weighted by atomic mass is 10.2. The van der Waals surface area contributed by atoms with Crippen molar-refractivity contribution >= 4 is 5.82 Å². The summed E-state index contributed by atoms with van der Waals surface area (Å²) in [5.74, 6) is 2.08. The van der Waals surface area contributed by atoms with Gasteiger partial charge in [-0.05, 0) is 26.7 Å². The molecule has 0 aromatic carbocycles. The standard InChI is InChI=1S/C12H19N3O2/c1-8(2)13-10-7-11(16-3)15-12(14-10)9-5-4-6-17-9/h7-9H,4-6H2,1-3H3,(H,13,14,15). The average molecular weight is 237 g/mol. The number of methoxy groups -OCH3 is 1. The Morgan fingerprint density at radius 3 is 2.88 bits per heavy atom. The molecule has 0 amide bonds. The second-order valence-electron chi connectivity index (χ2n) is 4.45. The topological polar surface area (TPSA) is 56.3 Å². The smallest absolute Gasteiger partial charge is 0.218 e. The lowest BCUT2D eigenvalue weighted by Gasteiger charge is -2.14. The van der Waals surface area contributed by atoms with Crippen LogP contribution in [-0.2, 0) is 4.74 Å². The van der Waals surface area contributed by atoms with Gasteiger partial charge in [-0.3, -0.25) is 0 Å². The van der Waals surface area contributed by atoms with Crippen LogP contribution in [0, 0.1) is 0 Å². The highest BCUT2D eigenvalue weighted by molar-refractivity contribution is 5.39. The molecule has 2 rings (SSSR count). The fraction of sp³-hybridized carbons (Fsp3) is 0.667. The summed E-state index contributed by atoms with van der Waals surface area (Å²) in [6.07, 6.45) is 2.06. The second-order valence-corrected chi connectivity index (χ2v) is 4.45. The summed E-state index contributed by atoms with van der Waals surface area (Å²) < 4.78 is 10.8. The number of ether oxygens (including phenoxy) is 2. The van der Waals surface area contributed by atoms with Crippen LogP contribution in [0.2, 0.25) is 0 Å². The van der Waals surface area contributed by atoms with E-state index in [0.29, 0.717) is 17.7 Å². The summed E-state index contributed by atoms with van der Waals surface area (Å²) in [7, 11) is 1.61. The van der Waals surface area contributed by atoms with E-state index in [4.69, 9.17) is 9.47 Å². The summed E-state index contributed by atoms with van der Waals surface area (Å²) in [5.41, 5.74) is 0. The minimum Gasteiger partial charge on any atom is -0.481 e. The summed E-state index contributed by atoms with van der Waals surface area (Å²) >= 11 is 0. The van der Waals surface area contributed by atoms with E-state index in [1.165, 1.54) is 0 Å². The molecule has 0 aliphatic carbocycles. The maximum atomic E-state index is 5.59. The molecule has 1 aliphatic rings. The summed E-state index contributed by atoms with van der Waals surface area (Å²) in [6, 6.07) is 2.13. The van der Waals surface area contributed by atoms with Crippen LogP contribution in [0.25, 0.3) is 0 Å². The number of nitrogens with zero attached hydrogens (tertiary/aromatic N) is 2. The molecule has 1 aliphatic heterocycles. The lowest BCUT2D eigenvalue weighted by Crippen LogP contribution is -2.13. The van der Waals surface area contributed by atoms with Crippen LogP contribution in [0.5, 0.6) is 5.88 Å². The maximum Gasteiger partial charge on any atom is 0.218 e. The van der Waals surface area contributed by atoms with Crippen LogP contribution >= 0.6 is 0 Å². The summed E-state index contributed by atoms with van der Waals surface area (Å²) in [4.78, 5) is 8.82. The first-order valence-corrected chi connectivity index (χ1v) is 6.00. The maximum absolute atomic E-state index is 5.59. The van der Waals surface area contributed by atoms with Gasteiger partial charge >= 0.3 is 0 Å². The number of rotatable bonds is 4. The van der Waals surface area contributed by atoms with Gasteiger partial charge in [0.1, 0.15) is 11.9 Å². The SMILES string of the molecule is COc1cc(NC(C)C)nc(C2CCCO2)n1. The van der Waals surface area contributed by atoms with E-state index < -0.39 is 0 Å². The molecule has 1 saturated heterocycles. The van der Waals surface area contributed by atoms with Crippen molar-refractivity contribution < 1.29 is 9.47 Å². The highest BCUT2D eigenvalue weighted by atomic mass is 16.5. The molecular formula is C12H19N3O2. The Labute approximate surface area is 102 Å². The Balaban J connectivity index is 2.24. The molecule has 2 heterocycles. The van der Waals surface area contributed by atoms with Gasteiger partial charge in [-0.25, -0.2) is 4.98 Å². The predicted octanol–water partition coefficient (Wildman–Crippen LogP) is 2.16. The first kappa shape index (κ1) is 12.1. The van der Waals surface area contributed by atoms with Crippen molar-refractivity contribution in [1.29, 1.82) is 0 Å². The molecule has 0 spiro atoms. The third-order valence-electron chi connectivity index (χ3n) is 2.58. The van der Waals surface area contributed by atoms with Gasteiger partial charge in [0.25, 0.3) is 0 Å². The Hall–Kier alpha value is -1.36. The van der Waals surface area contributed by atoms with Crippen LogP contribution in [-0.4, -0.2) is 29.7 Å². The predicted molar refractivity (Wildman–Crippen MR) is 65.3 cm³/mol. The van der Waals surface area contributed by atoms with Crippen LogP contribution in [0.1, 0.15) is 38.6 Å². The van der Waals surface area contributed by atoms with Crippen molar-refractivity contribution in [3.05, 3.63) is 11.9 Å². The lowest BCUT2D eigenvalue weighted by molar-refractivity contribution is 0.104. The minimum absolute atomic E-state index is 0.0119. The fourth-order valence-corrected chi connectivity index (χ4v) is 1.84. The Kier molecular flexibility index (Phi) is 3.78. The zero-order valence-electron chi connectivity index (χ0n) is 10.6. The number of nitrogens with one attached hydrogen (secondary N) is 1. The van der Waals surface area contributed by atoms with Crippen molar-refractivity contribution in [3.63, 3.8) is 0 Å². The van der Waals surface area contributed by atoms with E-state index in [1.54, 1.807) is 13.2 Å². The van der Waals surface area contributed by atoms with Crippen LogP contribution in [0.3, 0.4) is 0 Å². The number of aromatic nitrogens is 2. The van der Waals surface area contributed by atoms with Crippen molar-refractivity contribution in [2.24, 2.45) is 0 Å². The third kappa shape index (κ3) is 3.06. The molecule has 17 heavy (non-hydrogen) atoms. The largest absolute Gasteiger partial charge is 0.481 e. The quantitative estimate of drug-likeness (QED) is 0.869. The molecule has 5 nitrogen and oxygen atoms in total. The van der Waals surface area contributed by atoms with Crippen molar-refractivity contribution in [2.75, 3.05) is 19.0 Å². The van der Waals surface area contributed by atoms with E-state index >= 15 is 0 Å². The second kappa shape index (κ2) is 5.31. The number of hydrogen-bond acceptors (Lipinski definition) is 5. The van der Waals surface area contributed by atoms with Gasteiger partial charge in [0.2, 0.25) is 5.88 Å². The zero-order chi connectivity index (χ0) is 12.3. The molecular weight excluding hydrogens is 218 g/mol. The zero-order valence-corrected chi connectivity index (χ0v) is 10.6. The van der Waals surface area contributed by atoms with E-state index in [0.717, 1.165) is 25.3 Å². The van der Waals surface area contributed by atoms with Gasteiger partial charge < -0.3 is 14.8 Å². The first-order chi connectivity index (χ1) is 8.19. The van der Waals surface area contributed by atoms with Gasteiger partial charge in [-0.1, -0.05) is 0 Å². The van der Waals surface area contributed by atoms with Gasteiger partial charge in [0, 0.05) is 18.7 Å². The van der Waals surface area contributed by atoms with E-state index in [2.05, 4.69) is 29.1 Å². The summed E-state index contributed by atoms with van der Waals surface area (Å²) in [6.45, 7) is 4.93. The Bertz CT molecular complexity index is 376. The molecule has 1 atom stereocenters. The molecule has 1 fully saturated rings. The molecule has 1 unspecified atom stereocenters. The van der Waals surface area contributed by atoms with Crippen LogP contribution in [0.15, 0.2) is 6.07 Å². The molecule has 1 aromatic heterocycles. The molecule has 5 heteroatoms. The van der Waals surface area contributed by atoms with Crippen LogP contribution < -0.4 is 10.1 Å². The van der Waals surface area contributed by atoms with Gasteiger partial charge in [0.05, 0.1) is 7.11 Å². The Morgan fingerprint density at radius 1 is 1.47 bits per heavy atom. The molecule has 1 N–H and O–H groups in total. The van der Waals surface area contributed by atoms with E-state index in [-0.39, 0.29) is 6.10 Å². The molecule has 0 bridgehead atoms.